The van der Waals surface area contributed by atoms with Crippen molar-refractivity contribution in [3.05, 3.63) is 76.5 Å². The predicted octanol–water partition coefficient (Wildman–Crippen LogP) is 4.14. The van der Waals surface area contributed by atoms with E-state index >= 15 is 0 Å². The van der Waals surface area contributed by atoms with Crippen LogP contribution in [0.4, 0.5) is 17.3 Å². The second-order valence-electron chi connectivity index (χ2n) is 7.01. The summed E-state index contributed by atoms with van der Waals surface area (Å²) < 4.78 is 5.47. The number of rotatable bonds is 4. The van der Waals surface area contributed by atoms with Crippen molar-refractivity contribution in [3.8, 4) is 0 Å². The lowest BCUT2D eigenvalue weighted by atomic mass is 9.71. The molecule has 0 saturated heterocycles. The van der Waals surface area contributed by atoms with Crippen LogP contribution in [0.2, 0.25) is 5.22 Å². The van der Waals surface area contributed by atoms with Crippen molar-refractivity contribution in [2.24, 2.45) is 0 Å². The Labute approximate surface area is 177 Å². The van der Waals surface area contributed by atoms with Gasteiger partial charge in [-0.05, 0) is 47.0 Å². The van der Waals surface area contributed by atoms with Gasteiger partial charge in [0.15, 0.2) is 5.22 Å². The summed E-state index contributed by atoms with van der Waals surface area (Å²) in [5, 5.41) is 8.36. The highest BCUT2D eigenvalue weighted by Crippen LogP contribution is 2.50. The third-order valence-corrected chi connectivity index (χ3v) is 5.14. The van der Waals surface area contributed by atoms with Crippen molar-refractivity contribution in [2.45, 2.75) is 19.3 Å². The van der Waals surface area contributed by atoms with E-state index in [-0.39, 0.29) is 22.9 Å². The molecule has 0 radical (unpaired) electrons. The van der Waals surface area contributed by atoms with E-state index in [9.17, 15) is 14.4 Å². The highest BCUT2D eigenvalue weighted by molar-refractivity contribution is 6.29. The molecular formula is C22H18ClN3O4. The van der Waals surface area contributed by atoms with Crippen molar-refractivity contribution >= 4 is 46.6 Å². The molecule has 152 valence electrons. The topological polar surface area (TPSA) is 100 Å². The molecule has 3 amide bonds. The first-order valence-corrected chi connectivity index (χ1v) is 9.56. The van der Waals surface area contributed by atoms with Crippen LogP contribution < -0.4 is 16.0 Å². The number of halogens is 1. The number of fused-ring (bicyclic) bond motifs is 1. The van der Waals surface area contributed by atoms with E-state index in [1.54, 1.807) is 54.6 Å². The Morgan fingerprint density at radius 1 is 0.900 bits per heavy atom. The first kappa shape index (κ1) is 19.7. The Balaban J connectivity index is 1.87. The van der Waals surface area contributed by atoms with E-state index in [1.807, 2.05) is 0 Å². The second kappa shape index (κ2) is 7.35. The number of amides is 3. The zero-order valence-electron chi connectivity index (χ0n) is 16.2. The van der Waals surface area contributed by atoms with Gasteiger partial charge in [-0.25, -0.2) is 0 Å². The quantitative estimate of drug-likeness (QED) is 0.587. The van der Waals surface area contributed by atoms with Gasteiger partial charge < -0.3 is 15.1 Å². The maximum atomic E-state index is 13.3. The largest absolute Gasteiger partial charge is 0.429 e. The van der Waals surface area contributed by atoms with Crippen LogP contribution in [0.15, 0.2) is 59.0 Å². The molecule has 1 aromatic heterocycles. The number of hydrogen-bond donors (Lipinski definition) is 3. The molecule has 1 aliphatic rings. The Morgan fingerprint density at radius 2 is 1.37 bits per heavy atom. The highest BCUT2D eigenvalue weighted by atomic mass is 35.5. The maximum Gasteiger partial charge on any atom is 0.246 e. The van der Waals surface area contributed by atoms with Crippen LogP contribution in [-0.2, 0) is 19.8 Å². The van der Waals surface area contributed by atoms with Gasteiger partial charge in [0.05, 0.1) is 0 Å². The summed E-state index contributed by atoms with van der Waals surface area (Å²) >= 11 is 6.08. The van der Waals surface area contributed by atoms with Gasteiger partial charge in [-0.2, -0.15) is 0 Å². The summed E-state index contributed by atoms with van der Waals surface area (Å²) in [4.78, 5) is 36.0. The number of benzene rings is 2. The molecule has 0 atom stereocenters. The molecule has 0 saturated carbocycles. The molecule has 0 fully saturated rings. The number of carbonyl (C=O) groups excluding carboxylic acids is 3. The molecule has 7 nitrogen and oxygen atoms in total. The van der Waals surface area contributed by atoms with E-state index in [4.69, 9.17) is 16.0 Å². The minimum Gasteiger partial charge on any atom is -0.429 e. The molecule has 3 aromatic rings. The van der Waals surface area contributed by atoms with E-state index < -0.39 is 5.41 Å². The maximum absolute atomic E-state index is 13.3. The molecule has 30 heavy (non-hydrogen) atoms. The minimum absolute atomic E-state index is 0.161. The third-order valence-electron chi connectivity index (χ3n) is 4.95. The fourth-order valence-electron chi connectivity index (χ4n) is 3.81. The lowest BCUT2D eigenvalue weighted by Crippen LogP contribution is -2.37. The molecular weight excluding hydrogens is 406 g/mol. The Kier molecular flexibility index (Phi) is 4.83. The predicted molar refractivity (Wildman–Crippen MR) is 114 cm³/mol. The zero-order valence-corrected chi connectivity index (χ0v) is 17.0. The fourth-order valence-corrected chi connectivity index (χ4v) is 3.99. The first-order chi connectivity index (χ1) is 14.3. The molecule has 0 bridgehead atoms. The summed E-state index contributed by atoms with van der Waals surface area (Å²) in [6.07, 6.45) is 0. The number of nitrogens with one attached hydrogen (secondary N) is 3. The molecule has 0 unspecified atom stereocenters. The minimum atomic E-state index is -1.20. The average Bonchev–Trinajstić information content (AvgIpc) is 3.16. The zero-order chi connectivity index (χ0) is 21.5. The van der Waals surface area contributed by atoms with Gasteiger partial charge in [0.25, 0.3) is 0 Å². The van der Waals surface area contributed by atoms with E-state index in [0.717, 1.165) is 0 Å². The van der Waals surface area contributed by atoms with Crippen LogP contribution in [0.25, 0.3) is 0 Å². The van der Waals surface area contributed by atoms with Crippen molar-refractivity contribution < 1.29 is 18.8 Å². The normalized spacial score (nSPS) is 14.0. The lowest BCUT2D eigenvalue weighted by Gasteiger charge is -2.28. The molecule has 2 heterocycles. The van der Waals surface area contributed by atoms with Gasteiger partial charge in [0.2, 0.25) is 23.6 Å². The Bertz CT molecular complexity index is 1090. The van der Waals surface area contributed by atoms with Crippen molar-refractivity contribution in [2.75, 3.05) is 16.0 Å². The van der Waals surface area contributed by atoms with Crippen molar-refractivity contribution in [3.63, 3.8) is 0 Å². The molecule has 8 heteroatoms. The fraction of sp³-hybridized carbons (Fsp3) is 0.136. The number of anilines is 3. The SMILES string of the molecule is CC(=O)Nc1ccc(C2(c3ccc(NC(C)=O)cc3)C(=O)Nc3oc(Cl)cc32)cc1. The first-order valence-electron chi connectivity index (χ1n) is 9.18. The average molecular weight is 424 g/mol. The van der Waals surface area contributed by atoms with Crippen LogP contribution in [0.5, 0.6) is 0 Å². The summed E-state index contributed by atoms with van der Waals surface area (Å²) in [5.41, 5.74) is 1.99. The summed E-state index contributed by atoms with van der Waals surface area (Å²) in [6.45, 7) is 2.85. The summed E-state index contributed by atoms with van der Waals surface area (Å²) in [5.74, 6) is -0.364. The smallest absolute Gasteiger partial charge is 0.246 e. The van der Waals surface area contributed by atoms with Gasteiger partial charge in [0.1, 0.15) is 5.41 Å². The summed E-state index contributed by atoms with van der Waals surface area (Å²) in [6, 6.07) is 15.7. The van der Waals surface area contributed by atoms with E-state index in [0.29, 0.717) is 33.9 Å². The van der Waals surface area contributed by atoms with E-state index in [2.05, 4.69) is 16.0 Å². The van der Waals surface area contributed by atoms with Crippen molar-refractivity contribution in [1.82, 2.24) is 0 Å². The molecule has 0 aliphatic carbocycles. The lowest BCUT2D eigenvalue weighted by molar-refractivity contribution is -0.118. The third kappa shape index (κ3) is 3.23. The van der Waals surface area contributed by atoms with Crippen molar-refractivity contribution in [1.29, 1.82) is 0 Å². The molecule has 3 N–H and O–H groups in total. The number of furan rings is 1. The van der Waals surface area contributed by atoms with Gasteiger partial charge in [-0.15, -0.1) is 0 Å². The summed E-state index contributed by atoms with van der Waals surface area (Å²) in [7, 11) is 0. The molecule has 0 spiro atoms. The molecule has 1 aliphatic heterocycles. The van der Waals surface area contributed by atoms with Crippen LogP contribution >= 0.6 is 11.6 Å². The van der Waals surface area contributed by atoms with Crippen LogP contribution in [0.1, 0.15) is 30.5 Å². The second-order valence-corrected chi connectivity index (χ2v) is 7.39. The van der Waals surface area contributed by atoms with Gasteiger partial charge in [-0.1, -0.05) is 24.3 Å². The van der Waals surface area contributed by atoms with Gasteiger partial charge in [0, 0.05) is 36.9 Å². The number of hydrogen-bond acceptors (Lipinski definition) is 4. The molecule has 4 rings (SSSR count). The monoisotopic (exact) mass is 423 g/mol. The van der Waals surface area contributed by atoms with Crippen LogP contribution in [-0.4, -0.2) is 17.7 Å². The Hall–Kier alpha value is -3.58. The number of carbonyl (C=O) groups is 3. The van der Waals surface area contributed by atoms with Crippen LogP contribution in [0, 0.1) is 0 Å². The van der Waals surface area contributed by atoms with Gasteiger partial charge in [-0.3, -0.25) is 19.7 Å². The van der Waals surface area contributed by atoms with Crippen LogP contribution in [0.3, 0.4) is 0 Å². The Morgan fingerprint density at radius 3 is 1.80 bits per heavy atom. The van der Waals surface area contributed by atoms with Gasteiger partial charge >= 0.3 is 0 Å². The standard InChI is InChI=1S/C22H18ClN3O4/c1-12(27)24-16-7-3-14(4-8-16)22(15-5-9-17(10-6-15)25-13(2)28)18-11-19(23)30-20(18)26-21(22)29/h3-11H,1-2H3,(H,24,27)(H,25,28)(H,26,29). The molecule has 2 aromatic carbocycles. The highest BCUT2D eigenvalue weighted by Gasteiger charge is 2.52. The van der Waals surface area contributed by atoms with E-state index in [1.165, 1.54) is 13.8 Å².